The highest BCUT2D eigenvalue weighted by Gasteiger charge is 2.22. The van der Waals surface area contributed by atoms with Crippen LogP contribution in [-0.4, -0.2) is 23.9 Å². The van der Waals surface area contributed by atoms with Crippen LogP contribution in [0.2, 0.25) is 0 Å². The summed E-state index contributed by atoms with van der Waals surface area (Å²) in [6.45, 7) is 0. The van der Waals surface area contributed by atoms with Gasteiger partial charge >= 0.3 is 6.03 Å². The number of carbonyl (C=O) groups is 2. The van der Waals surface area contributed by atoms with Crippen LogP contribution in [0.1, 0.15) is 6.42 Å². The first kappa shape index (κ1) is 7.34. The molecule has 0 saturated carbocycles. The zero-order valence-electron chi connectivity index (χ0n) is 5.19. The van der Waals surface area contributed by atoms with E-state index in [0.29, 0.717) is 0 Å². The van der Waals surface area contributed by atoms with E-state index in [4.69, 9.17) is 11.6 Å². The van der Waals surface area contributed by atoms with Crippen LogP contribution < -0.4 is 10.6 Å². The van der Waals surface area contributed by atoms with Crippen molar-refractivity contribution < 1.29 is 9.59 Å². The van der Waals surface area contributed by atoms with E-state index in [0.717, 1.165) is 0 Å². The van der Waals surface area contributed by atoms with Gasteiger partial charge in [-0.15, -0.1) is 11.6 Å². The molecule has 1 saturated heterocycles. The van der Waals surface area contributed by atoms with Crippen molar-refractivity contribution in [1.29, 1.82) is 0 Å². The summed E-state index contributed by atoms with van der Waals surface area (Å²) in [5.74, 6) is 0.00787. The molecule has 1 unspecified atom stereocenters. The highest BCUT2D eigenvalue weighted by Crippen LogP contribution is 1.99. The van der Waals surface area contributed by atoms with Gasteiger partial charge < -0.3 is 5.32 Å². The summed E-state index contributed by atoms with van der Waals surface area (Å²) in [4.78, 5) is 21.2. The van der Waals surface area contributed by atoms with Gasteiger partial charge in [-0.2, -0.15) is 0 Å². The lowest BCUT2D eigenvalue weighted by Crippen LogP contribution is -2.52. The van der Waals surface area contributed by atoms with Gasteiger partial charge in [0, 0.05) is 12.3 Å². The lowest BCUT2D eigenvalue weighted by Gasteiger charge is -2.20. The van der Waals surface area contributed by atoms with Crippen molar-refractivity contribution in [1.82, 2.24) is 10.6 Å². The lowest BCUT2D eigenvalue weighted by atomic mass is 10.2. The minimum atomic E-state index is -0.457. The minimum Gasteiger partial charge on any atom is -0.333 e. The molecule has 4 nitrogen and oxygen atoms in total. The molecule has 0 aliphatic carbocycles. The zero-order valence-corrected chi connectivity index (χ0v) is 5.94. The molecule has 0 aromatic carbocycles. The van der Waals surface area contributed by atoms with Gasteiger partial charge in [-0.25, -0.2) is 4.79 Å². The minimum absolute atomic E-state index is 0.206. The number of imide groups is 1. The monoisotopic (exact) mass is 162 g/mol. The lowest BCUT2D eigenvalue weighted by molar-refractivity contribution is -0.121. The third-order valence-corrected chi connectivity index (χ3v) is 1.58. The van der Waals surface area contributed by atoms with Crippen molar-refractivity contribution in [2.45, 2.75) is 12.5 Å². The van der Waals surface area contributed by atoms with Gasteiger partial charge in [0.05, 0.1) is 6.04 Å². The highest BCUT2D eigenvalue weighted by molar-refractivity contribution is 6.18. The number of alkyl halides is 1. The zero-order chi connectivity index (χ0) is 7.56. The number of carbonyl (C=O) groups excluding carboxylic acids is 2. The Balaban J connectivity index is 2.50. The Bertz CT molecular complexity index is 155. The summed E-state index contributed by atoms with van der Waals surface area (Å²) in [7, 11) is 0. The predicted octanol–water partition coefficient (Wildman–Crippen LogP) is -0.177. The number of hydrogen-bond acceptors (Lipinski definition) is 2. The van der Waals surface area contributed by atoms with Crippen molar-refractivity contribution in [3.63, 3.8) is 0 Å². The second-order valence-corrected chi connectivity index (χ2v) is 2.39. The molecule has 1 heterocycles. The Morgan fingerprint density at radius 3 is 2.80 bits per heavy atom. The van der Waals surface area contributed by atoms with Gasteiger partial charge in [0.2, 0.25) is 5.91 Å². The largest absolute Gasteiger partial charge is 0.333 e. The fraction of sp³-hybridized carbons (Fsp3) is 0.600. The molecular formula is C5H7ClN2O2. The molecule has 0 aromatic rings. The van der Waals surface area contributed by atoms with E-state index in [1.807, 2.05) is 0 Å². The van der Waals surface area contributed by atoms with E-state index in [1.54, 1.807) is 0 Å². The molecule has 1 fully saturated rings. The normalized spacial score (nSPS) is 25.5. The second-order valence-electron chi connectivity index (χ2n) is 2.08. The molecule has 1 rings (SSSR count). The molecule has 1 aliphatic rings. The van der Waals surface area contributed by atoms with Crippen molar-refractivity contribution in [2.75, 3.05) is 5.88 Å². The molecule has 2 N–H and O–H groups in total. The Labute approximate surface area is 62.9 Å². The average molecular weight is 163 g/mol. The van der Waals surface area contributed by atoms with Gasteiger partial charge in [0.1, 0.15) is 0 Å². The average Bonchev–Trinajstić information content (AvgIpc) is 1.85. The molecule has 5 heteroatoms. The van der Waals surface area contributed by atoms with Gasteiger partial charge in [0.15, 0.2) is 0 Å². The van der Waals surface area contributed by atoms with Crippen LogP contribution >= 0.6 is 11.6 Å². The summed E-state index contributed by atoms with van der Waals surface area (Å²) in [5.41, 5.74) is 0. The number of nitrogens with one attached hydrogen (secondary N) is 2. The topological polar surface area (TPSA) is 58.2 Å². The standard InChI is InChI=1S/C5H7ClN2O2/c6-2-3-1-4(9)8-5(10)7-3/h3H,1-2H2,(H2,7,8,9,10). The van der Waals surface area contributed by atoms with E-state index in [1.165, 1.54) is 0 Å². The first-order valence-corrected chi connectivity index (χ1v) is 3.42. The molecule has 56 valence electrons. The molecule has 1 aliphatic heterocycles. The third kappa shape index (κ3) is 1.60. The quantitative estimate of drug-likeness (QED) is 0.526. The number of hydrogen-bond donors (Lipinski definition) is 2. The summed E-state index contributed by atoms with van der Waals surface area (Å²) in [6.07, 6.45) is 0.273. The van der Waals surface area contributed by atoms with Gasteiger partial charge in [-0.1, -0.05) is 0 Å². The number of amides is 3. The molecule has 0 aromatic heterocycles. The number of rotatable bonds is 1. The first-order valence-electron chi connectivity index (χ1n) is 2.88. The third-order valence-electron chi connectivity index (χ3n) is 1.21. The molecule has 1 atom stereocenters. The summed E-state index contributed by atoms with van der Waals surface area (Å²) in [6, 6.07) is -0.662. The van der Waals surface area contributed by atoms with Crippen molar-refractivity contribution in [3.8, 4) is 0 Å². The Kier molecular flexibility index (Phi) is 2.11. The first-order chi connectivity index (χ1) is 4.72. The van der Waals surface area contributed by atoms with Gasteiger partial charge in [0.25, 0.3) is 0 Å². The second kappa shape index (κ2) is 2.88. The highest BCUT2D eigenvalue weighted by atomic mass is 35.5. The maximum atomic E-state index is 10.6. The van der Waals surface area contributed by atoms with E-state index >= 15 is 0 Å². The van der Waals surface area contributed by atoms with E-state index < -0.39 is 6.03 Å². The summed E-state index contributed by atoms with van der Waals surface area (Å²) in [5, 5.41) is 4.59. The molecule has 10 heavy (non-hydrogen) atoms. The molecule has 0 spiro atoms. The van der Waals surface area contributed by atoms with Gasteiger partial charge in [-0.05, 0) is 0 Å². The molecule has 3 amide bonds. The van der Waals surface area contributed by atoms with Crippen molar-refractivity contribution >= 4 is 23.5 Å². The smallest absolute Gasteiger partial charge is 0.321 e. The maximum Gasteiger partial charge on any atom is 0.321 e. The Morgan fingerprint density at radius 1 is 1.60 bits per heavy atom. The van der Waals surface area contributed by atoms with Crippen LogP contribution in [0.15, 0.2) is 0 Å². The molecular weight excluding hydrogens is 156 g/mol. The number of urea groups is 1. The van der Waals surface area contributed by atoms with Crippen molar-refractivity contribution in [3.05, 3.63) is 0 Å². The fourth-order valence-corrected chi connectivity index (χ4v) is 0.953. The fourth-order valence-electron chi connectivity index (χ4n) is 0.767. The maximum absolute atomic E-state index is 10.6. The summed E-state index contributed by atoms with van der Waals surface area (Å²) < 4.78 is 0. The molecule has 0 bridgehead atoms. The van der Waals surface area contributed by atoms with Crippen LogP contribution in [0.3, 0.4) is 0 Å². The van der Waals surface area contributed by atoms with Crippen molar-refractivity contribution in [2.24, 2.45) is 0 Å². The van der Waals surface area contributed by atoms with Crippen LogP contribution in [0.4, 0.5) is 4.79 Å². The van der Waals surface area contributed by atoms with E-state index in [9.17, 15) is 9.59 Å². The van der Waals surface area contributed by atoms with E-state index in [-0.39, 0.29) is 24.2 Å². The SMILES string of the molecule is O=C1CC(CCl)NC(=O)N1. The van der Waals surface area contributed by atoms with Crippen LogP contribution in [0.5, 0.6) is 0 Å². The Hall–Kier alpha value is -0.770. The predicted molar refractivity (Wildman–Crippen MR) is 35.8 cm³/mol. The summed E-state index contributed by atoms with van der Waals surface area (Å²) >= 11 is 5.42. The van der Waals surface area contributed by atoms with Gasteiger partial charge in [-0.3, -0.25) is 10.1 Å². The van der Waals surface area contributed by atoms with E-state index in [2.05, 4.69) is 10.6 Å². The van der Waals surface area contributed by atoms with Crippen LogP contribution in [0.25, 0.3) is 0 Å². The van der Waals surface area contributed by atoms with Crippen LogP contribution in [-0.2, 0) is 4.79 Å². The number of halogens is 1. The molecule has 0 radical (unpaired) electrons. The van der Waals surface area contributed by atoms with Crippen LogP contribution in [0, 0.1) is 0 Å². The Morgan fingerprint density at radius 2 is 2.30 bits per heavy atom.